The van der Waals surface area contributed by atoms with Crippen LogP contribution in [0.1, 0.15) is 31.2 Å². The second-order valence-electron chi connectivity index (χ2n) is 5.11. The number of terminal acetylenes is 1. The molecule has 2 rings (SSSR count). The molecule has 2 aromatic rings. The molecule has 1 N–H and O–H groups in total. The van der Waals surface area contributed by atoms with E-state index in [1.807, 2.05) is 30.3 Å². The smallest absolute Gasteiger partial charge is 0.0760 e. The van der Waals surface area contributed by atoms with E-state index >= 15 is 0 Å². The molecule has 0 radical (unpaired) electrons. The van der Waals surface area contributed by atoms with Crippen molar-refractivity contribution in [2.45, 2.75) is 25.7 Å². The third-order valence-corrected chi connectivity index (χ3v) is 3.45. The lowest BCUT2D eigenvalue weighted by Gasteiger charge is -2.03. The fourth-order valence-electron chi connectivity index (χ4n) is 2.30. The summed E-state index contributed by atoms with van der Waals surface area (Å²) in [5.41, 5.74) is 1.83. The SMILES string of the molecule is C#CCCCCC#CC(=Cc1cccc2ccccc12)CO. The van der Waals surface area contributed by atoms with Crippen molar-refractivity contribution in [1.82, 2.24) is 0 Å². The number of hydrogen-bond donors (Lipinski definition) is 1. The van der Waals surface area contributed by atoms with E-state index in [0.717, 1.165) is 36.8 Å². The summed E-state index contributed by atoms with van der Waals surface area (Å²) in [6.45, 7) is -0.0411. The van der Waals surface area contributed by atoms with Crippen LogP contribution >= 0.6 is 0 Å². The van der Waals surface area contributed by atoms with Crippen LogP contribution in [-0.2, 0) is 0 Å². The topological polar surface area (TPSA) is 20.2 Å². The number of aliphatic hydroxyl groups excluding tert-OH is 1. The van der Waals surface area contributed by atoms with Gasteiger partial charge in [-0.1, -0.05) is 54.3 Å². The first kappa shape index (κ1) is 15.9. The van der Waals surface area contributed by atoms with Crippen molar-refractivity contribution >= 4 is 16.8 Å². The van der Waals surface area contributed by atoms with Crippen LogP contribution in [0.5, 0.6) is 0 Å². The van der Waals surface area contributed by atoms with Gasteiger partial charge < -0.3 is 5.11 Å². The molecule has 0 aliphatic carbocycles. The van der Waals surface area contributed by atoms with Gasteiger partial charge in [0.1, 0.15) is 0 Å². The summed E-state index contributed by atoms with van der Waals surface area (Å²) in [5.74, 6) is 8.81. The minimum absolute atomic E-state index is 0.0411. The van der Waals surface area contributed by atoms with Gasteiger partial charge in [-0.3, -0.25) is 0 Å². The van der Waals surface area contributed by atoms with Crippen molar-refractivity contribution in [3.63, 3.8) is 0 Å². The molecule has 0 fully saturated rings. The van der Waals surface area contributed by atoms with E-state index in [1.54, 1.807) is 0 Å². The van der Waals surface area contributed by atoms with Gasteiger partial charge in [0.25, 0.3) is 0 Å². The number of aliphatic hydroxyl groups is 1. The molecule has 0 heterocycles. The number of rotatable bonds is 5. The minimum atomic E-state index is -0.0411. The summed E-state index contributed by atoms with van der Waals surface area (Å²) >= 11 is 0. The summed E-state index contributed by atoms with van der Waals surface area (Å²) in [6.07, 6.45) is 10.8. The third kappa shape index (κ3) is 4.52. The van der Waals surface area contributed by atoms with Crippen molar-refractivity contribution in [2.24, 2.45) is 0 Å². The van der Waals surface area contributed by atoms with Crippen LogP contribution in [0, 0.1) is 24.2 Å². The normalized spacial score (nSPS) is 10.8. The average Bonchev–Trinajstić information content (AvgIpc) is 2.57. The van der Waals surface area contributed by atoms with Gasteiger partial charge in [-0.15, -0.1) is 12.3 Å². The number of fused-ring (bicyclic) bond motifs is 1. The third-order valence-electron chi connectivity index (χ3n) is 3.45. The molecule has 22 heavy (non-hydrogen) atoms. The molecule has 0 aromatic heterocycles. The van der Waals surface area contributed by atoms with Gasteiger partial charge in [-0.2, -0.15) is 0 Å². The summed E-state index contributed by atoms with van der Waals surface area (Å²) in [5, 5.41) is 11.9. The van der Waals surface area contributed by atoms with E-state index in [-0.39, 0.29) is 6.61 Å². The first-order valence-electron chi connectivity index (χ1n) is 7.56. The van der Waals surface area contributed by atoms with Crippen LogP contribution in [0.3, 0.4) is 0 Å². The quantitative estimate of drug-likeness (QED) is 0.638. The molecule has 0 unspecified atom stereocenters. The van der Waals surface area contributed by atoms with Crippen LogP contribution in [0.25, 0.3) is 16.8 Å². The van der Waals surface area contributed by atoms with E-state index in [2.05, 4.69) is 36.0 Å². The van der Waals surface area contributed by atoms with Crippen LogP contribution < -0.4 is 0 Å². The molecule has 2 aromatic carbocycles. The molecule has 0 bridgehead atoms. The van der Waals surface area contributed by atoms with Gasteiger partial charge in [-0.05, 0) is 35.3 Å². The monoisotopic (exact) mass is 288 g/mol. The number of hydrogen-bond acceptors (Lipinski definition) is 1. The van der Waals surface area contributed by atoms with Crippen molar-refractivity contribution in [1.29, 1.82) is 0 Å². The Morgan fingerprint density at radius 3 is 2.64 bits per heavy atom. The molecular weight excluding hydrogens is 268 g/mol. The molecule has 1 nitrogen and oxygen atoms in total. The van der Waals surface area contributed by atoms with E-state index < -0.39 is 0 Å². The van der Waals surface area contributed by atoms with Crippen LogP contribution in [0.2, 0.25) is 0 Å². The predicted octanol–water partition coefficient (Wildman–Crippen LogP) is 4.41. The molecular formula is C21H20O. The molecule has 0 aliphatic rings. The van der Waals surface area contributed by atoms with Crippen LogP contribution in [0.15, 0.2) is 48.0 Å². The van der Waals surface area contributed by atoms with E-state index in [4.69, 9.17) is 6.42 Å². The fourth-order valence-corrected chi connectivity index (χ4v) is 2.30. The van der Waals surface area contributed by atoms with Crippen molar-refractivity contribution < 1.29 is 5.11 Å². The largest absolute Gasteiger partial charge is 0.391 e. The predicted molar refractivity (Wildman–Crippen MR) is 94.1 cm³/mol. The molecule has 0 atom stereocenters. The van der Waals surface area contributed by atoms with Crippen molar-refractivity contribution in [3.8, 4) is 24.2 Å². The minimum Gasteiger partial charge on any atom is -0.391 e. The molecule has 0 saturated carbocycles. The summed E-state index contributed by atoms with van der Waals surface area (Å²) < 4.78 is 0. The van der Waals surface area contributed by atoms with E-state index in [0.29, 0.717) is 0 Å². The molecule has 0 spiro atoms. The van der Waals surface area contributed by atoms with E-state index in [1.165, 1.54) is 10.8 Å². The number of unbranched alkanes of at least 4 members (excludes halogenated alkanes) is 3. The molecule has 110 valence electrons. The maximum atomic E-state index is 9.50. The van der Waals surface area contributed by atoms with Crippen molar-refractivity contribution in [2.75, 3.05) is 6.61 Å². The maximum Gasteiger partial charge on any atom is 0.0760 e. The fraction of sp³-hybridized carbons (Fsp3) is 0.238. The van der Waals surface area contributed by atoms with Crippen LogP contribution in [0.4, 0.5) is 0 Å². The van der Waals surface area contributed by atoms with E-state index in [9.17, 15) is 5.11 Å². The highest BCUT2D eigenvalue weighted by Gasteiger charge is 1.98. The summed E-state index contributed by atoms with van der Waals surface area (Å²) in [7, 11) is 0. The molecule has 1 heteroatoms. The second-order valence-corrected chi connectivity index (χ2v) is 5.11. The van der Waals surface area contributed by atoms with Gasteiger partial charge in [0.15, 0.2) is 0 Å². The summed E-state index contributed by atoms with van der Waals surface area (Å²) in [6, 6.07) is 14.4. The maximum absolute atomic E-state index is 9.50. The van der Waals surface area contributed by atoms with Gasteiger partial charge in [-0.25, -0.2) is 0 Å². The highest BCUT2D eigenvalue weighted by atomic mass is 16.3. The lowest BCUT2D eigenvalue weighted by Crippen LogP contribution is -1.88. The Bertz CT molecular complexity index is 745. The van der Waals surface area contributed by atoms with Crippen molar-refractivity contribution in [3.05, 3.63) is 53.6 Å². The second kappa shape index (κ2) is 8.73. The zero-order valence-electron chi connectivity index (χ0n) is 12.7. The molecule has 0 aliphatic heterocycles. The summed E-state index contributed by atoms with van der Waals surface area (Å²) in [4.78, 5) is 0. The highest BCUT2D eigenvalue weighted by Crippen LogP contribution is 2.20. The highest BCUT2D eigenvalue weighted by molar-refractivity contribution is 5.91. The van der Waals surface area contributed by atoms with Gasteiger partial charge in [0.05, 0.1) is 6.61 Å². The average molecular weight is 288 g/mol. The molecule has 0 saturated heterocycles. The lowest BCUT2D eigenvalue weighted by atomic mass is 10.0. The molecule has 0 amide bonds. The van der Waals surface area contributed by atoms with Gasteiger partial charge in [0.2, 0.25) is 0 Å². The Balaban J connectivity index is 2.14. The zero-order chi connectivity index (χ0) is 15.6. The van der Waals surface area contributed by atoms with Gasteiger partial charge in [0, 0.05) is 18.4 Å². The lowest BCUT2D eigenvalue weighted by molar-refractivity contribution is 0.337. The van der Waals surface area contributed by atoms with Crippen LogP contribution in [-0.4, -0.2) is 11.7 Å². The Morgan fingerprint density at radius 2 is 1.82 bits per heavy atom. The Kier molecular flexibility index (Phi) is 6.31. The Hall–Kier alpha value is -2.48. The Morgan fingerprint density at radius 1 is 1.05 bits per heavy atom. The Labute approximate surface area is 132 Å². The number of benzene rings is 2. The first-order valence-corrected chi connectivity index (χ1v) is 7.56. The van der Waals surface area contributed by atoms with Gasteiger partial charge >= 0.3 is 0 Å². The first-order chi connectivity index (χ1) is 10.8. The zero-order valence-corrected chi connectivity index (χ0v) is 12.7. The standard InChI is InChI=1S/C21H20O/c1-2-3-4-5-6-7-11-18(17-22)16-20-14-10-13-19-12-8-9-15-21(19)20/h1,8-10,12-16,22H,3-6,17H2.